The number of benzene rings is 2. The van der Waals surface area contributed by atoms with Gasteiger partial charge in [-0.15, -0.1) is 0 Å². The molecule has 0 bridgehead atoms. The lowest BCUT2D eigenvalue weighted by atomic mass is 9.78. The predicted octanol–water partition coefficient (Wildman–Crippen LogP) is 4.80. The zero-order chi connectivity index (χ0) is 24.9. The highest BCUT2D eigenvalue weighted by Gasteiger charge is 2.33. The van der Waals surface area contributed by atoms with E-state index in [-0.39, 0.29) is 55.8 Å². The Bertz CT molecular complexity index is 1030. The highest BCUT2D eigenvalue weighted by molar-refractivity contribution is 5.80. The molecule has 0 spiro atoms. The summed E-state index contributed by atoms with van der Waals surface area (Å²) in [6, 6.07) is 15.9. The monoisotopic (exact) mass is 478 g/mol. The SMILES string of the molecule is CC(C)N(CCC(=O)O)C(=O)CC(NC(=O)OCC1c2ccccc2-c2ccccc21)C1CCC1. The molecule has 0 radical (unpaired) electrons. The second-order valence-corrected chi connectivity index (χ2v) is 9.80. The van der Waals surface area contributed by atoms with Crippen molar-refractivity contribution in [1.29, 1.82) is 0 Å². The minimum atomic E-state index is -0.934. The van der Waals surface area contributed by atoms with Crippen LogP contribution in [0.15, 0.2) is 48.5 Å². The van der Waals surface area contributed by atoms with Gasteiger partial charge in [0.05, 0.1) is 6.42 Å². The fourth-order valence-corrected chi connectivity index (χ4v) is 5.16. The van der Waals surface area contributed by atoms with E-state index in [1.54, 1.807) is 4.90 Å². The van der Waals surface area contributed by atoms with Gasteiger partial charge >= 0.3 is 12.1 Å². The summed E-state index contributed by atoms with van der Waals surface area (Å²) in [4.78, 5) is 38.4. The third-order valence-corrected chi connectivity index (χ3v) is 7.27. The Morgan fingerprint density at radius 3 is 2.14 bits per heavy atom. The second-order valence-electron chi connectivity index (χ2n) is 9.80. The first-order valence-corrected chi connectivity index (χ1v) is 12.5. The van der Waals surface area contributed by atoms with Crippen molar-refractivity contribution in [3.63, 3.8) is 0 Å². The van der Waals surface area contributed by atoms with Gasteiger partial charge in [-0.05, 0) is 54.9 Å². The number of hydrogen-bond donors (Lipinski definition) is 2. The van der Waals surface area contributed by atoms with Crippen molar-refractivity contribution < 1.29 is 24.2 Å². The molecular formula is C28H34N2O5. The number of rotatable bonds is 10. The van der Waals surface area contributed by atoms with E-state index < -0.39 is 12.1 Å². The standard InChI is InChI=1S/C28H34N2O5/c1-18(2)30(15-14-27(32)33)26(31)16-25(19-8-7-9-19)29-28(34)35-17-24-22-12-5-3-10-20(22)21-11-4-6-13-23(21)24/h3-6,10-13,18-19,24-25H,7-9,14-17H2,1-2H3,(H,29,34)(H,32,33). The third kappa shape index (κ3) is 5.66. The molecule has 2 amide bonds. The minimum Gasteiger partial charge on any atom is -0.481 e. The van der Waals surface area contributed by atoms with Crippen LogP contribution in [0.3, 0.4) is 0 Å². The summed E-state index contributed by atoms with van der Waals surface area (Å²) in [5.74, 6) is -0.870. The first-order chi connectivity index (χ1) is 16.8. The molecule has 1 unspecified atom stereocenters. The highest BCUT2D eigenvalue weighted by Crippen LogP contribution is 2.44. The van der Waals surface area contributed by atoms with Crippen LogP contribution in [0, 0.1) is 5.92 Å². The van der Waals surface area contributed by atoms with Gasteiger partial charge < -0.3 is 20.1 Å². The molecule has 4 rings (SSSR count). The lowest BCUT2D eigenvalue weighted by Crippen LogP contribution is -2.48. The summed E-state index contributed by atoms with van der Waals surface area (Å²) < 4.78 is 5.70. The lowest BCUT2D eigenvalue weighted by Gasteiger charge is -2.35. The molecule has 2 aromatic rings. The van der Waals surface area contributed by atoms with Crippen molar-refractivity contribution in [2.24, 2.45) is 5.92 Å². The Morgan fingerprint density at radius 1 is 1.03 bits per heavy atom. The van der Waals surface area contributed by atoms with E-state index in [4.69, 9.17) is 9.84 Å². The van der Waals surface area contributed by atoms with Gasteiger partial charge in [0, 0.05) is 31.0 Å². The van der Waals surface area contributed by atoms with Crippen molar-refractivity contribution in [1.82, 2.24) is 10.2 Å². The molecule has 2 aromatic carbocycles. The van der Waals surface area contributed by atoms with Crippen LogP contribution >= 0.6 is 0 Å². The highest BCUT2D eigenvalue weighted by atomic mass is 16.5. The van der Waals surface area contributed by atoms with Crippen LogP contribution in [0.2, 0.25) is 0 Å². The van der Waals surface area contributed by atoms with Crippen molar-refractivity contribution in [2.45, 2.75) is 64.0 Å². The van der Waals surface area contributed by atoms with E-state index in [0.717, 1.165) is 30.4 Å². The molecule has 0 aromatic heterocycles. The first-order valence-electron chi connectivity index (χ1n) is 12.5. The van der Waals surface area contributed by atoms with Crippen LogP contribution in [0.5, 0.6) is 0 Å². The average Bonchev–Trinajstić information content (AvgIpc) is 3.10. The Kier molecular flexibility index (Phi) is 7.73. The van der Waals surface area contributed by atoms with Crippen molar-refractivity contribution >= 4 is 18.0 Å². The van der Waals surface area contributed by atoms with Gasteiger partial charge in [-0.3, -0.25) is 9.59 Å². The van der Waals surface area contributed by atoms with Gasteiger partial charge in [-0.1, -0.05) is 55.0 Å². The van der Waals surface area contributed by atoms with Crippen LogP contribution in [0.1, 0.15) is 63.0 Å². The van der Waals surface area contributed by atoms with E-state index in [2.05, 4.69) is 29.6 Å². The van der Waals surface area contributed by atoms with Crippen LogP contribution in [-0.2, 0) is 14.3 Å². The first kappa shape index (κ1) is 24.8. The number of aliphatic carboxylic acids is 1. The molecule has 1 saturated carbocycles. The minimum absolute atomic E-state index is 0.0237. The summed E-state index contributed by atoms with van der Waals surface area (Å²) in [6.45, 7) is 4.13. The molecule has 0 aliphatic heterocycles. The number of fused-ring (bicyclic) bond motifs is 3. The number of nitrogens with one attached hydrogen (secondary N) is 1. The van der Waals surface area contributed by atoms with Gasteiger partial charge in [0.15, 0.2) is 0 Å². The van der Waals surface area contributed by atoms with E-state index in [0.29, 0.717) is 0 Å². The number of alkyl carbamates (subject to hydrolysis) is 1. The van der Waals surface area contributed by atoms with Crippen molar-refractivity contribution in [2.75, 3.05) is 13.2 Å². The molecule has 35 heavy (non-hydrogen) atoms. The fourth-order valence-electron chi connectivity index (χ4n) is 5.16. The smallest absolute Gasteiger partial charge is 0.407 e. The molecule has 2 aliphatic carbocycles. The average molecular weight is 479 g/mol. The van der Waals surface area contributed by atoms with Crippen LogP contribution in [-0.4, -0.2) is 53.2 Å². The molecule has 7 nitrogen and oxygen atoms in total. The number of carbonyl (C=O) groups is 3. The Balaban J connectivity index is 1.39. The molecule has 0 saturated heterocycles. The van der Waals surface area contributed by atoms with Gasteiger partial charge in [0.25, 0.3) is 0 Å². The normalized spacial score (nSPS) is 15.6. The molecule has 0 heterocycles. The summed E-state index contributed by atoms with van der Waals surface area (Å²) in [7, 11) is 0. The van der Waals surface area contributed by atoms with E-state index in [1.165, 1.54) is 11.1 Å². The molecule has 1 atom stereocenters. The largest absolute Gasteiger partial charge is 0.481 e. The lowest BCUT2D eigenvalue weighted by molar-refractivity contribution is -0.139. The zero-order valence-corrected chi connectivity index (χ0v) is 20.4. The number of hydrogen-bond acceptors (Lipinski definition) is 4. The van der Waals surface area contributed by atoms with E-state index >= 15 is 0 Å². The quantitative estimate of drug-likeness (QED) is 0.512. The van der Waals surface area contributed by atoms with Crippen LogP contribution < -0.4 is 5.32 Å². The summed E-state index contributed by atoms with van der Waals surface area (Å²) >= 11 is 0. The zero-order valence-electron chi connectivity index (χ0n) is 20.4. The molecule has 1 fully saturated rings. The summed E-state index contributed by atoms with van der Waals surface area (Å²) in [5, 5.41) is 12.0. The molecular weight excluding hydrogens is 444 g/mol. The Morgan fingerprint density at radius 2 is 1.63 bits per heavy atom. The molecule has 2 aliphatic rings. The van der Waals surface area contributed by atoms with Crippen molar-refractivity contribution in [3.05, 3.63) is 59.7 Å². The number of amides is 2. The topological polar surface area (TPSA) is 95.9 Å². The maximum absolute atomic E-state index is 13.0. The van der Waals surface area contributed by atoms with Gasteiger partial charge in [0.2, 0.25) is 5.91 Å². The number of ether oxygens (including phenoxy) is 1. The molecule has 2 N–H and O–H groups in total. The summed E-state index contributed by atoms with van der Waals surface area (Å²) in [6.07, 6.45) is 2.52. The molecule has 7 heteroatoms. The second kappa shape index (κ2) is 10.9. The fraction of sp³-hybridized carbons (Fsp3) is 0.464. The van der Waals surface area contributed by atoms with E-state index in [1.807, 2.05) is 38.1 Å². The summed E-state index contributed by atoms with van der Waals surface area (Å²) in [5.41, 5.74) is 4.65. The number of carbonyl (C=O) groups excluding carboxylic acids is 2. The Hall–Kier alpha value is -3.35. The third-order valence-electron chi connectivity index (χ3n) is 7.27. The maximum Gasteiger partial charge on any atom is 0.407 e. The van der Waals surface area contributed by atoms with Gasteiger partial charge in [-0.25, -0.2) is 4.79 Å². The van der Waals surface area contributed by atoms with Gasteiger partial charge in [-0.2, -0.15) is 0 Å². The van der Waals surface area contributed by atoms with Crippen molar-refractivity contribution in [3.8, 4) is 11.1 Å². The van der Waals surface area contributed by atoms with Crippen LogP contribution in [0.25, 0.3) is 11.1 Å². The number of carboxylic acid groups (broad SMARTS) is 1. The van der Waals surface area contributed by atoms with Gasteiger partial charge in [0.1, 0.15) is 6.61 Å². The van der Waals surface area contributed by atoms with Crippen LogP contribution in [0.4, 0.5) is 4.79 Å². The number of nitrogens with zero attached hydrogens (tertiary/aromatic N) is 1. The maximum atomic E-state index is 13.0. The molecule has 186 valence electrons. The number of carboxylic acids is 1. The van der Waals surface area contributed by atoms with E-state index in [9.17, 15) is 14.4 Å². The predicted molar refractivity (Wildman–Crippen MR) is 133 cm³/mol. The Labute approximate surface area is 206 Å².